The highest BCUT2D eigenvalue weighted by atomic mass is 16.5. The first-order valence-electron chi connectivity index (χ1n) is 5.59. The molecule has 0 atom stereocenters. The van der Waals surface area contributed by atoms with E-state index in [0.717, 1.165) is 31.8 Å². The molecule has 0 aliphatic heterocycles. The highest BCUT2D eigenvalue weighted by Gasteiger charge is 2.04. The van der Waals surface area contributed by atoms with E-state index in [0.29, 0.717) is 6.61 Å². The third-order valence-electron chi connectivity index (χ3n) is 2.32. The molecular weight excluding hydrogens is 190 g/mol. The number of aryl methyl sites for hydroxylation is 2. The molecule has 0 unspecified atom stereocenters. The van der Waals surface area contributed by atoms with Crippen LogP contribution < -0.4 is 5.32 Å². The van der Waals surface area contributed by atoms with E-state index >= 15 is 0 Å². The summed E-state index contributed by atoms with van der Waals surface area (Å²) in [5.41, 5.74) is 2.31. The lowest BCUT2D eigenvalue weighted by atomic mass is 10.3. The van der Waals surface area contributed by atoms with Crippen molar-refractivity contribution in [1.29, 1.82) is 0 Å². The van der Waals surface area contributed by atoms with Crippen molar-refractivity contribution in [2.45, 2.75) is 33.4 Å². The average molecular weight is 211 g/mol. The van der Waals surface area contributed by atoms with Crippen molar-refractivity contribution in [1.82, 2.24) is 15.1 Å². The van der Waals surface area contributed by atoms with E-state index in [2.05, 4.69) is 30.3 Å². The van der Waals surface area contributed by atoms with Crippen molar-refractivity contribution in [2.24, 2.45) is 0 Å². The molecule has 1 heterocycles. The van der Waals surface area contributed by atoms with E-state index < -0.39 is 0 Å². The van der Waals surface area contributed by atoms with Gasteiger partial charge in [0, 0.05) is 13.1 Å². The third-order valence-corrected chi connectivity index (χ3v) is 2.32. The van der Waals surface area contributed by atoms with Gasteiger partial charge in [0.2, 0.25) is 0 Å². The zero-order valence-electron chi connectivity index (χ0n) is 9.92. The molecule has 0 radical (unpaired) electrons. The van der Waals surface area contributed by atoms with Crippen LogP contribution in [0.1, 0.15) is 25.2 Å². The van der Waals surface area contributed by atoms with Gasteiger partial charge in [0.1, 0.15) is 0 Å². The highest BCUT2D eigenvalue weighted by molar-refractivity contribution is 5.09. The first kappa shape index (κ1) is 12.2. The SMILES string of the molecule is CCc1cc(COCCNC)n(CC)n1. The van der Waals surface area contributed by atoms with E-state index in [1.807, 2.05) is 11.7 Å². The Hall–Kier alpha value is -0.870. The van der Waals surface area contributed by atoms with Crippen molar-refractivity contribution in [2.75, 3.05) is 20.2 Å². The molecule has 0 fully saturated rings. The summed E-state index contributed by atoms with van der Waals surface area (Å²) in [6.45, 7) is 7.42. The van der Waals surface area contributed by atoms with Gasteiger partial charge in [0.25, 0.3) is 0 Å². The van der Waals surface area contributed by atoms with Gasteiger partial charge in [-0.3, -0.25) is 4.68 Å². The van der Waals surface area contributed by atoms with E-state index in [9.17, 15) is 0 Å². The summed E-state index contributed by atoms with van der Waals surface area (Å²) in [5, 5.41) is 7.52. The van der Waals surface area contributed by atoms with Crippen LogP contribution in [0.4, 0.5) is 0 Å². The summed E-state index contributed by atoms with van der Waals surface area (Å²) in [5.74, 6) is 0. The predicted molar refractivity (Wildman–Crippen MR) is 60.9 cm³/mol. The number of nitrogens with zero attached hydrogens (tertiary/aromatic N) is 2. The summed E-state index contributed by atoms with van der Waals surface area (Å²) in [6, 6.07) is 2.13. The predicted octanol–water partition coefficient (Wildman–Crippen LogP) is 1.20. The van der Waals surface area contributed by atoms with Crippen LogP contribution in [-0.2, 0) is 24.3 Å². The minimum Gasteiger partial charge on any atom is -0.374 e. The lowest BCUT2D eigenvalue weighted by molar-refractivity contribution is 0.118. The molecular formula is C11H21N3O. The molecule has 1 aromatic rings. The average Bonchev–Trinajstić information content (AvgIpc) is 2.67. The fourth-order valence-corrected chi connectivity index (χ4v) is 1.43. The summed E-state index contributed by atoms with van der Waals surface area (Å²) in [7, 11) is 1.93. The van der Waals surface area contributed by atoms with Gasteiger partial charge in [-0.15, -0.1) is 0 Å². The van der Waals surface area contributed by atoms with Crippen LogP contribution in [0, 0.1) is 0 Å². The fraction of sp³-hybridized carbons (Fsp3) is 0.727. The van der Waals surface area contributed by atoms with Gasteiger partial charge in [-0.1, -0.05) is 6.92 Å². The van der Waals surface area contributed by atoms with Crippen LogP contribution in [0.15, 0.2) is 6.07 Å². The van der Waals surface area contributed by atoms with Crippen LogP contribution in [0.2, 0.25) is 0 Å². The minimum atomic E-state index is 0.655. The van der Waals surface area contributed by atoms with Crippen molar-refractivity contribution in [3.63, 3.8) is 0 Å². The summed E-state index contributed by atoms with van der Waals surface area (Å²) in [6.07, 6.45) is 0.983. The highest BCUT2D eigenvalue weighted by Crippen LogP contribution is 2.06. The first-order chi connectivity index (χ1) is 7.31. The van der Waals surface area contributed by atoms with E-state index in [-0.39, 0.29) is 0 Å². The van der Waals surface area contributed by atoms with Crippen LogP contribution >= 0.6 is 0 Å². The van der Waals surface area contributed by atoms with E-state index in [1.165, 1.54) is 5.69 Å². The maximum atomic E-state index is 5.54. The van der Waals surface area contributed by atoms with Crippen molar-refractivity contribution in [3.8, 4) is 0 Å². The van der Waals surface area contributed by atoms with Gasteiger partial charge in [0.15, 0.2) is 0 Å². The summed E-state index contributed by atoms with van der Waals surface area (Å²) < 4.78 is 7.55. The monoisotopic (exact) mass is 211 g/mol. The van der Waals surface area contributed by atoms with Crippen LogP contribution in [0.3, 0.4) is 0 Å². The number of nitrogens with one attached hydrogen (secondary N) is 1. The Morgan fingerprint density at radius 2 is 2.27 bits per heavy atom. The second-order valence-electron chi connectivity index (χ2n) is 3.45. The number of ether oxygens (including phenoxy) is 1. The number of aromatic nitrogens is 2. The summed E-state index contributed by atoms with van der Waals surface area (Å²) >= 11 is 0. The Balaban J connectivity index is 2.47. The van der Waals surface area contributed by atoms with Gasteiger partial charge in [0.05, 0.1) is 24.6 Å². The Kier molecular flexibility index (Phi) is 5.36. The standard InChI is InChI=1S/C11H21N3O/c1-4-10-8-11(14(5-2)13-10)9-15-7-6-12-3/h8,12H,4-7,9H2,1-3H3. The molecule has 0 aliphatic carbocycles. The van der Waals surface area contributed by atoms with Crippen LogP contribution in [0.5, 0.6) is 0 Å². The number of hydrogen-bond acceptors (Lipinski definition) is 3. The van der Waals surface area contributed by atoms with Gasteiger partial charge >= 0.3 is 0 Å². The molecule has 0 saturated heterocycles. The second kappa shape index (κ2) is 6.58. The Morgan fingerprint density at radius 3 is 2.87 bits per heavy atom. The molecule has 15 heavy (non-hydrogen) atoms. The molecule has 86 valence electrons. The maximum Gasteiger partial charge on any atom is 0.0885 e. The van der Waals surface area contributed by atoms with Gasteiger partial charge in [-0.2, -0.15) is 5.10 Å². The van der Waals surface area contributed by atoms with E-state index in [4.69, 9.17) is 4.74 Å². The van der Waals surface area contributed by atoms with E-state index in [1.54, 1.807) is 0 Å². The smallest absolute Gasteiger partial charge is 0.0885 e. The number of likely N-dealkylation sites (N-methyl/N-ethyl adjacent to an activating group) is 1. The fourth-order valence-electron chi connectivity index (χ4n) is 1.43. The molecule has 0 amide bonds. The maximum absolute atomic E-state index is 5.54. The third kappa shape index (κ3) is 3.64. The summed E-state index contributed by atoms with van der Waals surface area (Å²) in [4.78, 5) is 0. The molecule has 1 aromatic heterocycles. The lowest BCUT2D eigenvalue weighted by Crippen LogP contribution is -2.15. The Bertz CT molecular complexity index is 283. The van der Waals surface area contributed by atoms with Gasteiger partial charge in [-0.05, 0) is 26.5 Å². The van der Waals surface area contributed by atoms with Gasteiger partial charge in [-0.25, -0.2) is 0 Å². The minimum absolute atomic E-state index is 0.655. The Labute approximate surface area is 91.6 Å². The zero-order valence-corrected chi connectivity index (χ0v) is 9.92. The molecule has 0 bridgehead atoms. The van der Waals surface area contributed by atoms with Gasteiger partial charge < -0.3 is 10.1 Å². The molecule has 1 N–H and O–H groups in total. The molecule has 0 aromatic carbocycles. The molecule has 4 heteroatoms. The number of rotatable bonds is 7. The largest absolute Gasteiger partial charge is 0.374 e. The molecule has 4 nitrogen and oxygen atoms in total. The number of hydrogen-bond donors (Lipinski definition) is 1. The van der Waals surface area contributed by atoms with Crippen LogP contribution in [-0.4, -0.2) is 30.0 Å². The first-order valence-corrected chi connectivity index (χ1v) is 5.59. The zero-order chi connectivity index (χ0) is 11.1. The second-order valence-corrected chi connectivity index (χ2v) is 3.45. The molecule has 1 rings (SSSR count). The van der Waals surface area contributed by atoms with Crippen molar-refractivity contribution >= 4 is 0 Å². The lowest BCUT2D eigenvalue weighted by Gasteiger charge is -2.05. The normalized spacial score (nSPS) is 10.9. The molecule has 0 spiro atoms. The Morgan fingerprint density at radius 1 is 1.47 bits per heavy atom. The molecule has 0 saturated carbocycles. The van der Waals surface area contributed by atoms with Crippen molar-refractivity contribution < 1.29 is 4.74 Å². The topological polar surface area (TPSA) is 39.1 Å². The van der Waals surface area contributed by atoms with Crippen molar-refractivity contribution in [3.05, 3.63) is 17.5 Å². The quantitative estimate of drug-likeness (QED) is 0.689. The van der Waals surface area contributed by atoms with Crippen LogP contribution in [0.25, 0.3) is 0 Å². The molecule has 0 aliphatic rings.